The number of aromatic nitrogens is 4. The normalized spacial score (nSPS) is 12.5. The molecule has 6 heteroatoms. The molecule has 3 aromatic heterocycles. The fourth-order valence-electron chi connectivity index (χ4n) is 11.3. The van der Waals surface area contributed by atoms with Crippen molar-refractivity contribution >= 4 is 65.6 Å². The molecule has 0 fully saturated rings. The largest absolute Gasteiger partial charge is 0.501 e. The van der Waals surface area contributed by atoms with Crippen LogP contribution in [0, 0.1) is 19.0 Å². The van der Waals surface area contributed by atoms with Crippen molar-refractivity contribution in [1.29, 1.82) is 0 Å². The maximum absolute atomic E-state index is 8.12. The summed E-state index contributed by atoms with van der Waals surface area (Å²) in [6.45, 7) is 15.9. The van der Waals surface area contributed by atoms with Gasteiger partial charge in [-0.25, -0.2) is 0 Å². The van der Waals surface area contributed by atoms with Crippen molar-refractivity contribution in [2.24, 2.45) is 0 Å². The number of benzene rings is 10. The molecule has 3 heterocycles. The Morgan fingerprint density at radius 3 is 1.69 bits per heavy atom. The number of furan rings is 1. The van der Waals surface area contributed by atoms with Gasteiger partial charge in [-0.1, -0.05) is 169 Å². The Morgan fingerprint density at radius 1 is 0.455 bits per heavy atom. The van der Waals surface area contributed by atoms with Crippen molar-refractivity contribution in [2.45, 2.75) is 85.9 Å². The number of nitrogens with zero attached hydrogens (tertiary/aromatic N) is 4. The van der Waals surface area contributed by atoms with Crippen molar-refractivity contribution in [3.63, 3.8) is 0 Å². The molecule has 13 aromatic rings. The van der Waals surface area contributed by atoms with Crippen LogP contribution in [0.1, 0.15) is 111 Å². The average molecular weight is 1180 g/mol. The topological polar surface area (TPSA) is 48.8 Å². The first-order valence-electron chi connectivity index (χ1n) is 28.2. The quantitative estimate of drug-likeness (QED) is 0.107. The SMILES string of the molecule is CC(C)c1cccc(C(C)C)c1-n1c(-c2[c-]cccc2)nc2ccccc21.[2H]C([2H])([2H])c1cccc2c1ccc1cc3c(cc12)oc1c(-c2nc4ccccc4n2-c2c(C(C)C)cc(-c4ccccc4)cc2C(C)C)[c-]ccc13.[Ir]. The Labute approximate surface area is 469 Å². The Balaban J connectivity index is 0.000000203. The summed E-state index contributed by atoms with van der Waals surface area (Å²) in [5.74, 6) is 3.06. The van der Waals surface area contributed by atoms with Gasteiger partial charge in [-0.05, 0) is 140 Å². The first kappa shape index (κ1) is 47.6. The predicted octanol–water partition coefficient (Wildman–Crippen LogP) is 19.7. The van der Waals surface area contributed by atoms with E-state index in [9.17, 15) is 0 Å². The van der Waals surface area contributed by atoms with Crippen LogP contribution in [-0.2, 0) is 20.1 Å². The van der Waals surface area contributed by atoms with Crippen molar-refractivity contribution < 1.29 is 28.6 Å². The molecule has 0 saturated heterocycles. The number of hydrogen-bond donors (Lipinski definition) is 0. The first-order valence-corrected chi connectivity index (χ1v) is 26.7. The maximum Gasteiger partial charge on any atom is 0.121 e. The molecule has 5 nitrogen and oxygen atoms in total. The van der Waals surface area contributed by atoms with E-state index in [1.54, 1.807) is 6.07 Å². The average Bonchev–Trinajstić information content (AvgIpc) is 4.17. The fourth-order valence-corrected chi connectivity index (χ4v) is 11.3. The van der Waals surface area contributed by atoms with Crippen LogP contribution in [0.2, 0.25) is 0 Å². The minimum Gasteiger partial charge on any atom is -0.501 e. The maximum atomic E-state index is 8.12. The number of para-hydroxylation sites is 5. The predicted molar refractivity (Wildman–Crippen MR) is 320 cm³/mol. The fraction of sp³-hybridized carbons (Fsp3) is 0.183. The van der Waals surface area contributed by atoms with Gasteiger partial charge in [0.2, 0.25) is 0 Å². The van der Waals surface area contributed by atoms with Crippen LogP contribution in [0.25, 0.3) is 111 Å². The molecule has 0 spiro atoms. The molecule has 13 rings (SSSR count). The third-order valence-electron chi connectivity index (χ3n) is 15.0. The van der Waals surface area contributed by atoms with Gasteiger partial charge in [0.1, 0.15) is 5.58 Å². The van der Waals surface area contributed by atoms with E-state index >= 15 is 0 Å². The Morgan fingerprint density at radius 2 is 1.05 bits per heavy atom. The van der Waals surface area contributed by atoms with Gasteiger partial charge in [0.15, 0.2) is 0 Å². The molecule has 0 amide bonds. The molecule has 0 aliphatic carbocycles. The summed E-state index contributed by atoms with van der Waals surface area (Å²) in [6.07, 6.45) is 0. The van der Waals surface area contributed by atoms with E-state index in [1.165, 1.54) is 39.1 Å². The Bertz CT molecular complexity index is 4380. The van der Waals surface area contributed by atoms with Gasteiger partial charge in [0, 0.05) is 41.0 Å². The number of aryl methyl sites for hydroxylation is 1. The third kappa shape index (κ3) is 9.08. The molecule has 0 N–H and O–H groups in total. The zero-order chi connectivity index (χ0) is 54.9. The molecule has 1 radical (unpaired) electrons. The summed E-state index contributed by atoms with van der Waals surface area (Å²) in [5, 5.41) is 5.57. The number of hydrogen-bond acceptors (Lipinski definition) is 3. The zero-order valence-electron chi connectivity index (χ0n) is 47.7. The van der Waals surface area contributed by atoms with Crippen molar-refractivity contribution in [2.75, 3.05) is 0 Å². The third-order valence-corrected chi connectivity index (χ3v) is 15.0. The van der Waals surface area contributed by atoms with E-state index in [2.05, 4.69) is 204 Å². The van der Waals surface area contributed by atoms with Gasteiger partial charge in [0.05, 0.1) is 39.3 Å². The molecule has 0 unspecified atom stereocenters. The van der Waals surface area contributed by atoms with Crippen LogP contribution in [0.3, 0.4) is 0 Å². The molecule has 0 aliphatic rings. The van der Waals surface area contributed by atoms with Gasteiger partial charge >= 0.3 is 0 Å². The summed E-state index contributed by atoms with van der Waals surface area (Å²) in [6, 6.07) is 71.4. The second-order valence-corrected chi connectivity index (χ2v) is 21.3. The molecular formula is C71H62IrN4O-2. The molecular weight excluding hydrogens is 1120 g/mol. The zero-order valence-corrected chi connectivity index (χ0v) is 47.1. The number of fused-ring (bicyclic) bond motifs is 8. The van der Waals surface area contributed by atoms with Crippen LogP contribution >= 0.6 is 0 Å². The Kier molecular flexibility index (Phi) is 12.9. The van der Waals surface area contributed by atoms with Gasteiger partial charge < -0.3 is 13.6 Å². The van der Waals surface area contributed by atoms with Crippen LogP contribution < -0.4 is 0 Å². The van der Waals surface area contributed by atoms with Crippen molar-refractivity contribution in [3.8, 4) is 45.3 Å². The first-order chi connectivity index (χ1) is 38.2. The summed E-state index contributed by atoms with van der Waals surface area (Å²) in [7, 11) is 0. The number of rotatable bonds is 9. The van der Waals surface area contributed by atoms with Gasteiger partial charge in [0.25, 0.3) is 0 Å². The molecule has 0 bridgehead atoms. The van der Waals surface area contributed by atoms with Crippen LogP contribution in [0.4, 0.5) is 0 Å². The minimum atomic E-state index is -2.21. The van der Waals surface area contributed by atoms with E-state index in [1.807, 2.05) is 54.6 Å². The van der Waals surface area contributed by atoms with Gasteiger partial charge in [-0.3, -0.25) is 9.97 Å². The summed E-state index contributed by atoms with van der Waals surface area (Å²) in [5.41, 5.74) is 17.7. The molecule has 0 atom stereocenters. The summed E-state index contributed by atoms with van der Waals surface area (Å²) < 4.78 is 35.8. The van der Waals surface area contributed by atoms with Crippen LogP contribution in [0.15, 0.2) is 192 Å². The van der Waals surface area contributed by atoms with Crippen LogP contribution in [-0.4, -0.2) is 19.1 Å². The summed E-state index contributed by atoms with van der Waals surface area (Å²) >= 11 is 0. The second-order valence-electron chi connectivity index (χ2n) is 21.3. The Hall–Kier alpha value is -7.89. The standard InChI is InChI=1S/C46H37N2O.C25H25N2.Ir/c1-27(2)37-24-32(30-14-7-6-8-15-30)25-38(28(3)4)44(37)48-42-20-10-9-19-41(42)47-46(48)36-18-12-17-35-40-23-31-21-22-33-29(5)13-11-16-34(33)39(31)26-43(40)49-45(35)36;1-17(2)20-13-10-14-21(18(3)4)24(20)27-23-16-9-8-15-22(23)26-25(27)19-11-6-5-7-12-19;/h6-17,19-28H,1-5H3;5-11,13-18H,1-4H3;/q2*-1;/i5D3;;. The minimum absolute atomic E-state index is 0. The monoisotopic (exact) mass is 1180 g/mol. The van der Waals surface area contributed by atoms with E-state index in [0.29, 0.717) is 17.4 Å². The number of imidazole rings is 2. The summed E-state index contributed by atoms with van der Waals surface area (Å²) in [4.78, 5) is 10.3. The van der Waals surface area contributed by atoms with Gasteiger partial charge in [-0.2, -0.15) is 0 Å². The molecule has 10 aromatic carbocycles. The van der Waals surface area contributed by atoms with Crippen molar-refractivity contribution in [3.05, 3.63) is 228 Å². The van der Waals surface area contributed by atoms with Crippen molar-refractivity contribution in [1.82, 2.24) is 19.1 Å². The van der Waals surface area contributed by atoms with E-state index in [0.717, 1.165) is 94.0 Å². The van der Waals surface area contributed by atoms with E-state index in [-0.39, 0.29) is 31.9 Å². The molecule has 0 saturated carbocycles. The van der Waals surface area contributed by atoms with Crippen LogP contribution in [0.5, 0.6) is 0 Å². The van der Waals surface area contributed by atoms with E-state index < -0.39 is 6.85 Å². The molecule has 0 aliphatic heterocycles. The second kappa shape index (κ2) is 20.9. The van der Waals surface area contributed by atoms with E-state index in [4.69, 9.17) is 18.5 Å². The van der Waals surface area contributed by atoms with Gasteiger partial charge in [-0.15, -0.1) is 54.1 Å². The molecule has 383 valence electrons. The smallest absolute Gasteiger partial charge is 0.121 e. The molecule has 77 heavy (non-hydrogen) atoms.